The standard InChI is InChI=1S/C14H19NO2/c16-14(17)11-15-9-5-4-8-13(15)10-12-6-2-1-3-7-12/h1-3,6-7,13H,4-5,8-11H2,(H,16,17). The van der Waals surface area contributed by atoms with Gasteiger partial charge in [0.15, 0.2) is 0 Å². The molecule has 3 heteroatoms. The van der Waals surface area contributed by atoms with Crippen LogP contribution < -0.4 is 0 Å². The predicted molar refractivity (Wildman–Crippen MR) is 67.0 cm³/mol. The van der Waals surface area contributed by atoms with Crippen LogP contribution in [-0.2, 0) is 11.2 Å². The summed E-state index contributed by atoms with van der Waals surface area (Å²) in [4.78, 5) is 12.9. The Balaban J connectivity index is 1.99. The molecule has 0 spiro atoms. The largest absolute Gasteiger partial charge is 0.480 e. The lowest BCUT2D eigenvalue weighted by atomic mass is 9.95. The third-order valence-corrected chi connectivity index (χ3v) is 3.40. The van der Waals surface area contributed by atoms with Crippen LogP contribution in [0.25, 0.3) is 0 Å². The number of nitrogens with zero attached hydrogens (tertiary/aromatic N) is 1. The quantitative estimate of drug-likeness (QED) is 0.866. The fourth-order valence-electron chi connectivity index (χ4n) is 2.56. The second-order valence-corrected chi connectivity index (χ2v) is 4.70. The lowest BCUT2D eigenvalue weighted by Crippen LogP contribution is -2.43. The van der Waals surface area contributed by atoms with Crippen LogP contribution in [-0.4, -0.2) is 35.1 Å². The number of hydrogen-bond acceptors (Lipinski definition) is 2. The number of carbonyl (C=O) groups is 1. The molecule has 2 rings (SSSR count). The highest BCUT2D eigenvalue weighted by Crippen LogP contribution is 2.20. The van der Waals surface area contributed by atoms with Gasteiger partial charge in [0, 0.05) is 6.04 Å². The maximum absolute atomic E-state index is 10.8. The maximum Gasteiger partial charge on any atom is 0.317 e. The topological polar surface area (TPSA) is 40.5 Å². The molecule has 1 aliphatic rings. The number of benzene rings is 1. The van der Waals surface area contributed by atoms with Crippen molar-refractivity contribution in [3.8, 4) is 0 Å². The van der Waals surface area contributed by atoms with Gasteiger partial charge in [-0.2, -0.15) is 0 Å². The van der Waals surface area contributed by atoms with Crippen LogP contribution in [0.3, 0.4) is 0 Å². The Labute approximate surface area is 102 Å². The summed E-state index contributed by atoms with van der Waals surface area (Å²) in [6.07, 6.45) is 4.42. The Kier molecular flexibility index (Phi) is 4.15. The smallest absolute Gasteiger partial charge is 0.317 e. The zero-order valence-corrected chi connectivity index (χ0v) is 10.0. The molecule has 3 nitrogen and oxygen atoms in total. The van der Waals surface area contributed by atoms with E-state index in [9.17, 15) is 4.79 Å². The molecule has 1 aliphatic heterocycles. The van der Waals surface area contributed by atoms with Gasteiger partial charge in [-0.1, -0.05) is 36.8 Å². The van der Waals surface area contributed by atoms with Gasteiger partial charge in [0.25, 0.3) is 0 Å². The van der Waals surface area contributed by atoms with Gasteiger partial charge in [-0.05, 0) is 31.4 Å². The molecule has 1 aromatic carbocycles. The molecule has 0 radical (unpaired) electrons. The fourth-order valence-corrected chi connectivity index (χ4v) is 2.56. The van der Waals surface area contributed by atoms with Crippen molar-refractivity contribution in [2.24, 2.45) is 0 Å². The number of carboxylic acid groups (broad SMARTS) is 1. The van der Waals surface area contributed by atoms with E-state index in [0.717, 1.165) is 25.8 Å². The third-order valence-electron chi connectivity index (χ3n) is 3.40. The summed E-state index contributed by atoms with van der Waals surface area (Å²) in [6, 6.07) is 10.7. The van der Waals surface area contributed by atoms with E-state index in [1.807, 2.05) is 18.2 Å². The number of piperidine rings is 1. The Morgan fingerprint density at radius 2 is 2.06 bits per heavy atom. The lowest BCUT2D eigenvalue weighted by Gasteiger charge is -2.34. The van der Waals surface area contributed by atoms with Crippen LogP contribution in [0.15, 0.2) is 30.3 Å². The zero-order valence-electron chi connectivity index (χ0n) is 10.0. The SMILES string of the molecule is O=C(O)CN1CCCCC1Cc1ccccc1. The molecule has 1 N–H and O–H groups in total. The molecule has 1 heterocycles. The number of hydrogen-bond donors (Lipinski definition) is 1. The van der Waals surface area contributed by atoms with E-state index in [2.05, 4.69) is 17.0 Å². The van der Waals surface area contributed by atoms with Crippen molar-refractivity contribution < 1.29 is 9.90 Å². The van der Waals surface area contributed by atoms with Gasteiger partial charge in [0.2, 0.25) is 0 Å². The minimum atomic E-state index is -0.718. The van der Waals surface area contributed by atoms with Gasteiger partial charge < -0.3 is 5.11 Å². The molecule has 1 atom stereocenters. The Morgan fingerprint density at radius 1 is 1.29 bits per heavy atom. The van der Waals surface area contributed by atoms with E-state index in [0.29, 0.717) is 6.04 Å². The van der Waals surface area contributed by atoms with Crippen molar-refractivity contribution in [2.45, 2.75) is 31.7 Å². The van der Waals surface area contributed by atoms with Crippen molar-refractivity contribution in [3.05, 3.63) is 35.9 Å². The van der Waals surface area contributed by atoms with E-state index < -0.39 is 5.97 Å². The van der Waals surface area contributed by atoms with Crippen LogP contribution in [0.4, 0.5) is 0 Å². The zero-order chi connectivity index (χ0) is 12.1. The number of aliphatic carboxylic acids is 1. The Hall–Kier alpha value is -1.35. The summed E-state index contributed by atoms with van der Waals surface area (Å²) >= 11 is 0. The van der Waals surface area contributed by atoms with Gasteiger partial charge in [-0.25, -0.2) is 0 Å². The van der Waals surface area contributed by atoms with Gasteiger partial charge in [-0.15, -0.1) is 0 Å². The fraction of sp³-hybridized carbons (Fsp3) is 0.500. The number of carboxylic acids is 1. The van der Waals surface area contributed by atoms with Crippen molar-refractivity contribution in [1.82, 2.24) is 4.90 Å². The maximum atomic E-state index is 10.8. The molecule has 1 fully saturated rings. The summed E-state index contributed by atoms with van der Waals surface area (Å²) in [7, 11) is 0. The van der Waals surface area contributed by atoms with Crippen LogP contribution in [0.5, 0.6) is 0 Å². The summed E-state index contributed by atoms with van der Waals surface area (Å²) in [5.74, 6) is -0.718. The van der Waals surface area contributed by atoms with Crippen molar-refractivity contribution in [2.75, 3.05) is 13.1 Å². The lowest BCUT2D eigenvalue weighted by molar-refractivity contribution is -0.139. The highest BCUT2D eigenvalue weighted by molar-refractivity contribution is 5.69. The summed E-state index contributed by atoms with van der Waals surface area (Å²) in [6.45, 7) is 1.10. The normalized spacial score (nSPS) is 21.3. The highest BCUT2D eigenvalue weighted by Gasteiger charge is 2.23. The molecule has 0 aliphatic carbocycles. The van der Waals surface area contributed by atoms with Gasteiger partial charge in [-0.3, -0.25) is 9.69 Å². The van der Waals surface area contributed by atoms with Crippen molar-refractivity contribution >= 4 is 5.97 Å². The van der Waals surface area contributed by atoms with Crippen LogP contribution in [0, 0.1) is 0 Å². The van der Waals surface area contributed by atoms with Crippen LogP contribution in [0.2, 0.25) is 0 Å². The molecule has 1 unspecified atom stereocenters. The minimum Gasteiger partial charge on any atom is -0.480 e. The van der Waals surface area contributed by atoms with E-state index in [1.54, 1.807) is 0 Å². The first-order valence-corrected chi connectivity index (χ1v) is 6.25. The molecule has 0 bridgehead atoms. The van der Waals surface area contributed by atoms with E-state index in [4.69, 9.17) is 5.11 Å². The molecule has 1 aromatic rings. The first-order chi connectivity index (χ1) is 8.25. The summed E-state index contributed by atoms with van der Waals surface area (Å²) in [5.41, 5.74) is 1.30. The van der Waals surface area contributed by atoms with Gasteiger partial charge in [0.05, 0.1) is 6.54 Å². The molecule has 1 saturated heterocycles. The molecule has 92 valence electrons. The summed E-state index contributed by atoms with van der Waals surface area (Å²) < 4.78 is 0. The first kappa shape index (κ1) is 12.1. The third kappa shape index (κ3) is 3.56. The molecular formula is C14H19NO2. The van der Waals surface area contributed by atoms with Crippen LogP contribution in [0.1, 0.15) is 24.8 Å². The minimum absolute atomic E-state index is 0.178. The molecule has 17 heavy (non-hydrogen) atoms. The van der Waals surface area contributed by atoms with E-state index in [-0.39, 0.29) is 6.54 Å². The molecule has 0 aromatic heterocycles. The average Bonchev–Trinajstić information content (AvgIpc) is 2.32. The molecule has 0 saturated carbocycles. The second kappa shape index (κ2) is 5.82. The van der Waals surface area contributed by atoms with Crippen LogP contribution >= 0.6 is 0 Å². The first-order valence-electron chi connectivity index (χ1n) is 6.25. The highest BCUT2D eigenvalue weighted by atomic mass is 16.4. The van der Waals surface area contributed by atoms with Crippen molar-refractivity contribution in [1.29, 1.82) is 0 Å². The number of likely N-dealkylation sites (tertiary alicyclic amines) is 1. The predicted octanol–water partition coefficient (Wildman–Crippen LogP) is 2.17. The van der Waals surface area contributed by atoms with Gasteiger partial charge >= 0.3 is 5.97 Å². The Bertz CT molecular complexity index is 364. The van der Waals surface area contributed by atoms with Gasteiger partial charge in [0.1, 0.15) is 0 Å². The summed E-state index contributed by atoms with van der Waals surface area (Å²) in [5, 5.41) is 8.91. The van der Waals surface area contributed by atoms with Crippen molar-refractivity contribution in [3.63, 3.8) is 0 Å². The molecular weight excluding hydrogens is 214 g/mol. The Morgan fingerprint density at radius 3 is 2.76 bits per heavy atom. The van der Waals surface area contributed by atoms with E-state index >= 15 is 0 Å². The molecule has 0 amide bonds. The second-order valence-electron chi connectivity index (χ2n) is 4.70. The monoisotopic (exact) mass is 233 g/mol. The average molecular weight is 233 g/mol. The number of rotatable bonds is 4. The van der Waals surface area contributed by atoms with E-state index in [1.165, 1.54) is 12.0 Å².